The summed E-state index contributed by atoms with van der Waals surface area (Å²) in [5.74, 6) is 1.47. The van der Waals surface area contributed by atoms with E-state index < -0.39 is 0 Å². The number of fused-ring (bicyclic) bond motifs is 1. The van der Waals surface area contributed by atoms with E-state index in [0.717, 1.165) is 23.2 Å². The number of carbonyl (C=O) groups excluding carboxylic acids is 1. The van der Waals surface area contributed by atoms with Gasteiger partial charge in [0.15, 0.2) is 17.8 Å². The molecule has 4 rings (SSSR count). The summed E-state index contributed by atoms with van der Waals surface area (Å²) in [7, 11) is 0. The molecule has 1 N–H and O–H groups in total. The van der Waals surface area contributed by atoms with E-state index >= 15 is 0 Å². The van der Waals surface area contributed by atoms with Gasteiger partial charge in [0.25, 0.3) is 5.91 Å². The largest absolute Gasteiger partial charge is 0.484 e. The topological polar surface area (TPSA) is 77.2 Å². The molecule has 158 valence electrons. The maximum Gasteiger partial charge on any atom is 0.262 e. The summed E-state index contributed by atoms with van der Waals surface area (Å²) in [6.45, 7) is 6.23. The Morgan fingerprint density at radius 1 is 1.16 bits per heavy atom. The average Bonchev–Trinajstić information content (AvgIpc) is 3.23. The summed E-state index contributed by atoms with van der Waals surface area (Å²) in [4.78, 5) is 21.0. The average molecular weight is 415 g/mol. The van der Waals surface area contributed by atoms with Crippen LogP contribution in [0.2, 0.25) is 0 Å². The van der Waals surface area contributed by atoms with Gasteiger partial charge in [0, 0.05) is 17.4 Å². The molecule has 0 saturated carbocycles. The molecule has 0 saturated heterocycles. The zero-order valence-corrected chi connectivity index (χ0v) is 17.9. The molecule has 4 aromatic rings. The van der Waals surface area contributed by atoms with Crippen LogP contribution in [0, 0.1) is 6.92 Å². The molecule has 0 bridgehead atoms. The number of nitrogens with zero attached hydrogens (tertiary/aromatic N) is 2. The smallest absolute Gasteiger partial charge is 0.262 e. The van der Waals surface area contributed by atoms with E-state index in [-0.39, 0.29) is 12.5 Å². The Balaban J connectivity index is 1.38. The summed E-state index contributed by atoms with van der Waals surface area (Å²) in [6.07, 6.45) is 2.77. The second-order valence-electron chi connectivity index (χ2n) is 7.59. The lowest BCUT2D eigenvalue weighted by atomic mass is 9.99. The van der Waals surface area contributed by atoms with Crippen molar-refractivity contribution in [1.29, 1.82) is 0 Å². The van der Waals surface area contributed by atoms with Crippen molar-refractivity contribution in [3.63, 3.8) is 0 Å². The first kappa shape index (κ1) is 20.6. The highest BCUT2D eigenvalue weighted by Gasteiger charge is 2.12. The summed E-state index contributed by atoms with van der Waals surface area (Å²) in [5.41, 5.74) is 4.93. The number of oxazole rings is 1. The second kappa shape index (κ2) is 9.00. The molecule has 2 heterocycles. The molecule has 2 aromatic carbocycles. The van der Waals surface area contributed by atoms with Crippen molar-refractivity contribution in [2.24, 2.45) is 0 Å². The molecule has 1 atom stereocenters. The van der Waals surface area contributed by atoms with Gasteiger partial charge < -0.3 is 14.5 Å². The van der Waals surface area contributed by atoms with Gasteiger partial charge in [-0.2, -0.15) is 4.98 Å². The van der Waals surface area contributed by atoms with Crippen LogP contribution >= 0.6 is 0 Å². The van der Waals surface area contributed by atoms with E-state index in [1.165, 1.54) is 5.56 Å². The summed E-state index contributed by atoms with van der Waals surface area (Å²) in [6, 6.07) is 17.2. The third-order valence-electron chi connectivity index (χ3n) is 5.34. The molecule has 0 aliphatic rings. The van der Waals surface area contributed by atoms with E-state index in [1.54, 1.807) is 6.20 Å². The van der Waals surface area contributed by atoms with Crippen molar-refractivity contribution in [2.45, 2.75) is 33.1 Å². The summed E-state index contributed by atoms with van der Waals surface area (Å²) in [5, 5.41) is 2.90. The predicted octanol–water partition coefficient (Wildman–Crippen LogP) is 5.73. The summed E-state index contributed by atoms with van der Waals surface area (Å²) >= 11 is 0. The zero-order valence-electron chi connectivity index (χ0n) is 17.9. The highest BCUT2D eigenvalue weighted by atomic mass is 16.5. The Bertz CT molecular complexity index is 1170. The maximum absolute atomic E-state index is 12.4. The summed E-state index contributed by atoms with van der Waals surface area (Å²) < 4.78 is 11.4. The SMILES string of the molecule is CC[C@H](C)c1ccc(OCC(=O)Nc2ccc(-c3nc4ncccc4o3)cc2C)cc1. The fourth-order valence-electron chi connectivity index (χ4n) is 3.29. The number of ether oxygens (including phenoxy) is 1. The lowest BCUT2D eigenvalue weighted by molar-refractivity contribution is -0.118. The minimum atomic E-state index is -0.215. The van der Waals surface area contributed by atoms with Crippen molar-refractivity contribution in [1.82, 2.24) is 9.97 Å². The Morgan fingerprint density at radius 3 is 2.68 bits per heavy atom. The molecule has 0 aliphatic carbocycles. The number of hydrogen-bond acceptors (Lipinski definition) is 5. The third kappa shape index (κ3) is 4.74. The van der Waals surface area contributed by atoms with E-state index in [9.17, 15) is 4.79 Å². The van der Waals surface area contributed by atoms with Gasteiger partial charge in [0.1, 0.15) is 5.75 Å². The molecule has 0 spiro atoms. The number of nitrogens with one attached hydrogen (secondary N) is 1. The standard InChI is InChI=1S/C25H25N3O3/c1-4-16(2)18-7-10-20(11-8-18)30-15-23(29)27-21-12-9-19(14-17(21)3)25-28-24-22(31-25)6-5-13-26-24/h5-14,16H,4,15H2,1-3H3,(H,27,29)/t16-/m0/s1. The third-order valence-corrected chi connectivity index (χ3v) is 5.34. The van der Waals surface area contributed by atoms with Gasteiger partial charge in [0.2, 0.25) is 5.89 Å². The van der Waals surface area contributed by atoms with Crippen molar-refractivity contribution in [3.05, 3.63) is 71.9 Å². The van der Waals surface area contributed by atoms with Gasteiger partial charge in [-0.3, -0.25) is 4.79 Å². The fourth-order valence-corrected chi connectivity index (χ4v) is 3.29. The van der Waals surface area contributed by atoms with Crippen LogP contribution in [-0.4, -0.2) is 22.5 Å². The lowest BCUT2D eigenvalue weighted by Crippen LogP contribution is -2.20. The van der Waals surface area contributed by atoms with Crippen LogP contribution in [-0.2, 0) is 4.79 Å². The molecule has 1 amide bonds. The Labute approximate surface area is 181 Å². The molecule has 0 radical (unpaired) electrons. The molecule has 2 aromatic heterocycles. The van der Waals surface area contributed by atoms with Gasteiger partial charge in [-0.15, -0.1) is 0 Å². The van der Waals surface area contributed by atoms with Gasteiger partial charge >= 0.3 is 0 Å². The first-order valence-corrected chi connectivity index (χ1v) is 10.4. The molecule has 0 unspecified atom stereocenters. The van der Waals surface area contributed by atoms with E-state index in [4.69, 9.17) is 9.15 Å². The van der Waals surface area contributed by atoms with Crippen molar-refractivity contribution >= 4 is 22.8 Å². The quantitative estimate of drug-likeness (QED) is 0.417. The van der Waals surface area contributed by atoms with Crippen LogP contribution in [0.15, 0.2) is 65.2 Å². The normalized spacial score (nSPS) is 12.0. The zero-order chi connectivity index (χ0) is 21.8. The van der Waals surface area contributed by atoms with Crippen molar-refractivity contribution in [3.8, 4) is 17.2 Å². The second-order valence-corrected chi connectivity index (χ2v) is 7.59. The van der Waals surface area contributed by atoms with Gasteiger partial charge in [-0.25, -0.2) is 4.98 Å². The van der Waals surface area contributed by atoms with Crippen LogP contribution in [0.1, 0.15) is 37.3 Å². The number of hydrogen-bond donors (Lipinski definition) is 1. The number of benzene rings is 2. The van der Waals surface area contributed by atoms with Gasteiger partial charge in [-0.05, 0) is 72.9 Å². The first-order chi connectivity index (χ1) is 15.0. The lowest BCUT2D eigenvalue weighted by Gasteiger charge is -2.12. The van der Waals surface area contributed by atoms with Crippen LogP contribution in [0.4, 0.5) is 5.69 Å². The fraction of sp³-hybridized carbons (Fsp3) is 0.240. The molecule has 0 fully saturated rings. The molecule has 6 nitrogen and oxygen atoms in total. The highest BCUT2D eigenvalue weighted by Crippen LogP contribution is 2.27. The Kier molecular flexibility index (Phi) is 5.98. The maximum atomic E-state index is 12.4. The Morgan fingerprint density at radius 2 is 1.97 bits per heavy atom. The molecule has 6 heteroatoms. The molecular formula is C25H25N3O3. The van der Waals surface area contributed by atoms with Crippen molar-refractivity contribution in [2.75, 3.05) is 11.9 Å². The highest BCUT2D eigenvalue weighted by molar-refractivity contribution is 5.93. The number of amides is 1. The Hall–Kier alpha value is -3.67. The monoisotopic (exact) mass is 415 g/mol. The van der Waals surface area contributed by atoms with Crippen LogP contribution in [0.3, 0.4) is 0 Å². The number of rotatable bonds is 7. The number of aryl methyl sites for hydroxylation is 1. The van der Waals surface area contributed by atoms with E-state index in [0.29, 0.717) is 28.8 Å². The van der Waals surface area contributed by atoms with E-state index in [1.807, 2.05) is 61.5 Å². The van der Waals surface area contributed by atoms with Crippen LogP contribution in [0.5, 0.6) is 5.75 Å². The van der Waals surface area contributed by atoms with Crippen molar-refractivity contribution < 1.29 is 13.9 Å². The molecular weight excluding hydrogens is 390 g/mol. The van der Waals surface area contributed by atoms with Gasteiger partial charge in [-0.1, -0.05) is 26.0 Å². The van der Waals surface area contributed by atoms with E-state index in [2.05, 4.69) is 29.1 Å². The number of anilines is 1. The number of aromatic nitrogens is 2. The molecule has 31 heavy (non-hydrogen) atoms. The number of carbonyl (C=O) groups is 1. The minimum Gasteiger partial charge on any atom is -0.484 e. The van der Waals surface area contributed by atoms with Crippen LogP contribution in [0.25, 0.3) is 22.7 Å². The predicted molar refractivity (Wildman–Crippen MR) is 121 cm³/mol. The van der Waals surface area contributed by atoms with Gasteiger partial charge in [0.05, 0.1) is 0 Å². The molecule has 0 aliphatic heterocycles. The minimum absolute atomic E-state index is 0.0549. The first-order valence-electron chi connectivity index (χ1n) is 10.4. The number of pyridine rings is 1. The van der Waals surface area contributed by atoms with Crippen LogP contribution < -0.4 is 10.1 Å².